The lowest BCUT2D eigenvalue weighted by molar-refractivity contribution is -0.129. The molecule has 3 rings (SSSR count). The summed E-state index contributed by atoms with van der Waals surface area (Å²) in [5.41, 5.74) is 7.30. The lowest BCUT2D eigenvalue weighted by Gasteiger charge is -2.18. The number of aromatic nitrogens is 1. The highest BCUT2D eigenvalue weighted by Gasteiger charge is 2.30. The number of hydrogen-bond acceptors (Lipinski definition) is 5. The van der Waals surface area contributed by atoms with Crippen molar-refractivity contribution in [3.8, 4) is 0 Å². The SMILES string of the molecule is CC(C(=O)N1CCCC1)S(=O)c1nc2ccc(N)cc2o1. The number of nitrogens with zero attached hydrogens (tertiary/aromatic N) is 2. The van der Waals surface area contributed by atoms with E-state index in [9.17, 15) is 9.00 Å². The van der Waals surface area contributed by atoms with Gasteiger partial charge >= 0.3 is 0 Å². The number of amides is 1. The van der Waals surface area contributed by atoms with Crippen molar-refractivity contribution in [3.63, 3.8) is 0 Å². The van der Waals surface area contributed by atoms with Crippen molar-refractivity contribution in [2.45, 2.75) is 30.2 Å². The van der Waals surface area contributed by atoms with Crippen molar-refractivity contribution in [1.82, 2.24) is 9.88 Å². The van der Waals surface area contributed by atoms with E-state index in [2.05, 4.69) is 4.98 Å². The number of carbonyl (C=O) groups is 1. The van der Waals surface area contributed by atoms with E-state index < -0.39 is 16.0 Å². The van der Waals surface area contributed by atoms with Gasteiger partial charge in [0, 0.05) is 24.8 Å². The molecule has 112 valence electrons. The Morgan fingerprint density at radius 3 is 2.86 bits per heavy atom. The summed E-state index contributed by atoms with van der Waals surface area (Å²) in [5.74, 6) is -0.104. The predicted octanol–water partition coefficient (Wildman–Crippen LogP) is 1.53. The van der Waals surface area contributed by atoms with Crippen LogP contribution in [0.2, 0.25) is 0 Å². The number of hydrogen-bond donors (Lipinski definition) is 1. The lowest BCUT2D eigenvalue weighted by atomic mass is 10.3. The Morgan fingerprint density at radius 2 is 2.14 bits per heavy atom. The minimum atomic E-state index is -1.60. The van der Waals surface area contributed by atoms with E-state index in [0.29, 0.717) is 16.8 Å². The van der Waals surface area contributed by atoms with Crippen LogP contribution in [0, 0.1) is 0 Å². The highest BCUT2D eigenvalue weighted by molar-refractivity contribution is 7.86. The molecule has 2 aromatic rings. The average molecular weight is 307 g/mol. The van der Waals surface area contributed by atoms with Gasteiger partial charge in [0.1, 0.15) is 21.6 Å². The number of anilines is 1. The van der Waals surface area contributed by atoms with Crippen LogP contribution in [0.25, 0.3) is 11.1 Å². The highest BCUT2D eigenvalue weighted by atomic mass is 32.2. The number of benzene rings is 1. The molecule has 1 fully saturated rings. The van der Waals surface area contributed by atoms with Gasteiger partial charge in [-0.1, -0.05) is 0 Å². The quantitative estimate of drug-likeness (QED) is 0.869. The van der Waals surface area contributed by atoms with Crippen molar-refractivity contribution in [3.05, 3.63) is 18.2 Å². The van der Waals surface area contributed by atoms with Crippen molar-refractivity contribution >= 4 is 33.5 Å². The largest absolute Gasteiger partial charge is 0.430 e. The molecular weight excluding hydrogens is 290 g/mol. The summed E-state index contributed by atoms with van der Waals surface area (Å²) in [6.45, 7) is 3.13. The first-order valence-corrected chi connectivity index (χ1v) is 8.13. The maximum absolute atomic E-state index is 12.5. The van der Waals surface area contributed by atoms with Crippen LogP contribution in [-0.4, -0.2) is 38.3 Å². The normalized spacial score (nSPS) is 18.0. The Morgan fingerprint density at radius 1 is 1.43 bits per heavy atom. The molecule has 2 heterocycles. The first-order valence-electron chi connectivity index (χ1n) is 6.91. The molecule has 0 radical (unpaired) electrons. The van der Waals surface area contributed by atoms with E-state index in [4.69, 9.17) is 10.2 Å². The molecule has 1 amide bonds. The van der Waals surface area contributed by atoms with Crippen molar-refractivity contribution < 1.29 is 13.4 Å². The second-order valence-electron chi connectivity index (χ2n) is 5.18. The van der Waals surface area contributed by atoms with Crippen LogP contribution in [0.1, 0.15) is 19.8 Å². The smallest absolute Gasteiger partial charge is 0.288 e. The van der Waals surface area contributed by atoms with Crippen LogP contribution in [0.4, 0.5) is 5.69 Å². The number of nitrogen functional groups attached to an aromatic ring is 1. The zero-order valence-electron chi connectivity index (χ0n) is 11.7. The van der Waals surface area contributed by atoms with E-state index >= 15 is 0 Å². The van der Waals surface area contributed by atoms with Crippen LogP contribution in [0.3, 0.4) is 0 Å². The summed E-state index contributed by atoms with van der Waals surface area (Å²) in [6.07, 6.45) is 2.01. The zero-order valence-corrected chi connectivity index (χ0v) is 12.6. The zero-order chi connectivity index (χ0) is 15.0. The third kappa shape index (κ3) is 2.65. The maximum atomic E-state index is 12.5. The van der Waals surface area contributed by atoms with Gasteiger partial charge in [0.05, 0.1) is 0 Å². The van der Waals surface area contributed by atoms with Crippen molar-refractivity contribution in [1.29, 1.82) is 0 Å². The fourth-order valence-corrected chi connectivity index (χ4v) is 3.44. The summed E-state index contributed by atoms with van der Waals surface area (Å²) in [5, 5.41) is -0.579. The fraction of sp³-hybridized carbons (Fsp3) is 0.429. The number of fused-ring (bicyclic) bond motifs is 1. The monoisotopic (exact) mass is 307 g/mol. The molecule has 0 bridgehead atoms. The van der Waals surface area contributed by atoms with Gasteiger partial charge < -0.3 is 15.1 Å². The molecule has 2 unspecified atom stereocenters. The summed E-state index contributed by atoms with van der Waals surface area (Å²) in [4.78, 5) is 18.2. The Hall–Kier alpha value is -1.89. The molecule has 0 saturated carbocycles. The third-order valence-electron chi connectivity index (χ3n) is 3.65. The number of nitrogens with two attached hydrogens (primary N) is 1. The van der Waals surface area contributed by atoms with Gasteiger partial charge in [-0.15, -0.1) is 0 Å². The first-order chi connectivity index (χ1) is 10.1. The van der Waals surface area contributed by atoms with Crippen LogP contribution in [0.15, 0.2) is 27.8 Å². The molecule has 6 nitrogen and oxygen atoms in total. The summed E-state index contributed by atoms with van der Waals surface area (Å²) in [7, 11) is -1.60. The van der Waals surface area contributed by atoms with Gasteiger partial charge in [-0.25, -0.2) is 9.19 Å². The van der Waals surface area contributed by atoms with Crippen LogP contribution in [0.5, 0.6) is 0 Å². The van der Waals surface area contributed by atoms with E-state index in [1.54, 1.807) is 30.0 Å². The first kappa shape index (κ1) is 14.1. The fourth-order valence-electron chi connectivity index (χ4n) is 2.44. The average Bonchev–Trinajstić information content (AvgIpc) is 3.13. The number of carbonyl (C=O) groups excluding carboxylic acids is 1. The van der Waals surface area contributed by atoms with E-state index in [0.717, 1.165) is 25.9 Å². The Balaban J connectivity index is 1.83. The van der Waals surface area contributed by atoms with Crippen molar-refractivity contribution in [2.75, 3.05) is 18.8 Å². The molecule has 0 spiro atoms. The molecule has 7 heteroatoms. The van der Waals surface area contributed by atoms with Crippen LogP contribution in [-0.2, 0) is 15.6 Å². The summed E-state index contributed by atoms with van der Waals surface area (Å²) < 4.78 is 18.0. The van der Waals surface area contributed by atoms with Gasteiger partial charge in [-0.2, -0.15) is 0 Å². The minimum Gasteiger partial charge on any atom is -0.430 e. The molecule has 1 aliphatic heterocycles. The molecule has 1 aromatic carbocycles. The van der Waals surface area contributed by atoms with Crippen LogP contribution < -0.4 is 5.73 Å². The van der Waals surface area contributed by atoms with E-state index in [1.165, 1.54) is 0 Å². The number of rotatable bonds is 3. The second-order valence-corrected chi connectivity index (χ2v) is 6.83. The maximum Gasteiger partial charge on any atom is 0.288 e. The molecule has 2 N–H and O–H groups in total. The third-order valence-corrected chi connectivity index (χ3v) is 5.01. The summed E-state index contributed by atoms with van der Waals surface area (Å²) in [6, 6.07) is 5.05. The highest BCUT2D eigenvalue weighted by Crippen LogP contribution is 2.22. The van der Waals surface area contributed by atoms with Gasteiger partial charge in [0.2, 0.25) is 5.91 Å². The van der Waals surface area contributed by atoms with E-state index in [-0.39, 0.29) is 11.1 Å². The molecular formula is C14H17N3O3S. The predicted molar refractivity (Wildman–Crippen MR) is 80.1 cm³/mol. The number of oxazole rings is 1. The topological polar surface area (TPSA) is 89.4 Å². The van der Waals surface area contributed by atoms with E-state index in [1.807, 2.05) is 0 Å². The van der Waals surface area contributed by atoms with Crippen LogP contribution >= 0.6 is 0 Å². The molecule has 1 saturated heterocycles. The van der Waals surface area contributed by atoms with Gasteiger partial charge in [-0.05, 0) is 31.9 Å². The standard InChI is InChI=1S/C14H17N3O3S/c1-9(13(18)17-6-2-3-7-17)21(19)14-16-11-5-4-10(15)8-12(11)20-14/h4-5,8-9H,2-3,6-7,15H2,1H3. The van der Waals surface area contributed by atoms with Gasteiger partial charge in [0.15, 0.2) is 5.58 Å². The summed E-state index contributed by atoms with van der Waals surface area (Å²) >= 11 is 0. The molecule has 0 aliphatic carbocycles. The van der Waals surface area contributed by atoms with Gasteiger partial charge in [0.25, 0.3) is 5.22 Å². The molecule has 2 atom stereocenters. The van der Waals surface area contributed by atoms with Gasteiger partial charge in [-0.3, -0.25) is 4.79 Å². The van der Waals surface area contributed by atoms with Crippen molar-refractivity contribution in [2.24, 2.45) is 0 Å². The Labute approximate surface area is 124 Å². The molecule has 21 heavy (non-hydrogen) atoms. The number of likely N-dealkylation sites (tertiary alicyclic amines) is 1. The molecule has 1 aromatic heterocycles. The minimum absolute atomic E-state index is 0.0793. The lowest BCUT2D eigenvalue weighted by Crippen LogP contribution is -2.37. The Bertz CT molecular complexity index is 707. The Kier molecular flexibility index (Phi) is 3.67. The molecule has 1 aliphatic rings. The second kappa shape index (κ2) is 5.48.